The minimum atomic E-state index is -1.13. The van der Waals surface area contributed by atoms with E-state index in [1.807, 2.05) is 0 Å². The third-order valence-corrected chi connectivity index (χ3v) is 5.40. The Morgan fingerprint density at radius 3 is 2.58 bits per heavy atom. The highest BCUT2D eigenvalue weighted by Crippen LogP contribution is 2.31. The quantitative estimate of drug-likeness (QED) is 0.441. The average Bonchev–Trinajstić information content (AvgIpc) is 3.50. The topological polar surface area (TPSA) is 127 Å². The molecule has 2 aromatic heterocycles. The number of aromatic nitrogens is 2. The molecule has 3 aromatic rings. The minimum absolute atomic E-state index is 0.0350. The van der Waals surface area contributed by atoms with Crippen molar-refractivity contribution in [1.82, 2.24) is 15.3 Å². The molecule has 1 aliphatic carbocycles. The fourth-order valence-electron chi connectivity index (χ4n) is 3.52. The highest BCUT2D eigenvalue weighted by molar-refractivity contribution is 6.16. The summed E-state index contributed by atoms with van der Waals surface area (Å²) in [4.78, 5) is 46.9. The van der Waals surface area contributed by atoms with Crippen molar-refractivity contribution in [3.05, 3.63) is 53.9 Å². The van der Waals surface area contributed by atoms with Gasteiger partial charge in [-0.1, -0.05) is 6.07 Å². The van der Waals surface area contributed by atoms with Gasteiger partial charge >= 0.3 is 0 Å². The van der Waals surface area contributed by atoms with Crippen molar-refractivity contribution in [2.45, 2.75) is 44.8 Å². The Morgan fingerprint density at radius 2 is 1.94 bits per heavy atom. The van der Waals surface area contributed by atoms with Crippen molar-refractivity contribution < 1.29 is 19.5 Å². The number of nitrogens with one attached hydrogen (secondary N) is 3. The highest BCUT2D eigenvalue weighted by Gasteiger charge is 2.28. The van der Waals surface area contributed by atoms with E-state index in [1.165, 1.54) is 11.1 Å². The number of hydrogen-bond donors (Lipinski definition) is 4. The summed E-state index contributed by atoms with van der Waals surface area (Å²) < 4.78 is 0. The molecule has 172 valence electrons. The van der Waals surface area contributed by atoms with E-state index in [4.69, 9.17) is 0 Å². The fraction of sp³-hybridized carbons (Fsp3) is 0.333. The lowest BCUT2D eigenvalue weighted by Gasteiger charge is -2.22. The lowest BCUT2D eigenvalue weighted by molar-refractivity contribution is -0.122. The molecule has 4 rings (SSSR count). The van der Waals surface area contributed by atoms with Gasteiger partial charge in [-0.3, -0.25) is 19.4 Å². The number of nitrogens with zero attached hydrogens (tertiary/aromatic N) is 2. The molecular weight excluding hydrogens is 422 g/mol. The maximum Gasteiger partial charge on any atom is 0.275 e. The number of H-pyrrole nitrogens is 1. The second-order valence-corrected chi connectivity index (χ2v) is 8.96. The van der Waals surface area contributed by atoms with Crippen molar-refractivity contribution in [2.75, 3.05) is 17.3 Å². The number of pyridine rings is 1. The van der Waals surface area contributed by atoms with Gasteiger partial charge in [0.2, 0.25) is 5.91 Å². The summed E-state index contributed by atoms with van der Waals surface area (Å²) >= 11 is 0. The number of rotatable bonds is 7. The Bertz CT molecular complexity index is 1210. The molecule has 9 nitrogen and oxygen atoms in total. The zero-order valence-corrected chi connectivity index (χ0v) is 18.8. The van der Waals surface area contributed by atoms with Gasteiger partial charge in [0, 0.05) is 35.9 Å². The van der Waals surface area contributed by atoms with E-state index in [9.17, 15) is 19.5 Å². The number of anilines is 2. The van der Waals surface area contributed by atoms with Crippen LogP contribution in [0.5, 0.6) is 0 Å². The molecule has 33 heavy (non-hydrogen) atoms. The molecule has 3 amide bonds. The second kappa shape index (κ2) is 8.67. The van der Waals surface area contributed by atoms with E-state index in [0.717, 1.165) is 12.8 Å². The maximum atomic E-state index is 13.0. The number of carbonyl (C=O) groups excluding carboxylic acids is 3. The predicted molar refractivity (Wildman–Crippen MR) is 125 cm³/mol. The molecule has 1 saturated carbocycles. The van der Waals surface area contributed by atoms with Crippen LogP contribution >= 0.6 is 0 Å². The van der Waals surface area contributed by atoms with Crippen molar-refractivity contribution in [1.29, 1.82) is 0 Å². The monoisotopic (exact) mass is 449 g/mol. The summed E-state index contributed by atoms with van der Waals surface area (Å²) in [7, 11) is 1.63. The Morgan fingerprint density at radius 1 is 1.18 bits per heavy atom. The summed E-state index contributed by atoms with van der Waals surface area (Å²) in [6.45, 7) is 3.16. The van der Waals surface area contributed by atoms with Crippen LogP contribution in [0, 0.1) is 0 Å². The van der Waals surface area contributed by atoms with Gasteiger partial charge in [-0.05, 0) is 57.0 Å². The molecule has 0 radical (unpaired) electrons. The molecule has 1 aliphatic rings. The molecule has 0 aliphatic heterocycles. The average molecular weight is 450 g/mol. The van der Waals surface area contributed by atoms with Gasteiger partial charge in [0.15, 0.2) is 0 Å². The minimum Gasteiger partial charge on any atom is -0.390 e. The van der Waals surface area contributed by atoms with Crippen molar-refractivity contribution in [3.63, 3.8) is 0 Å². The van der Waals surface area contributed by atoms with E-state index >= 15 is 0 Å². The number of amides is 3. The zero-order chi connectivity index (χ0) is 23.8. The molecule has 1 aromatic carbocycles. The smallest absolute Gasteiger partial charge is 0.275 e. The molecule has 2 heterocycles. The van der Waals surface area contributed by atoms with Gasteiger partial charge in [-0.25, -0.2) is 0 Å². The van der Waals surface area contributed by atoms with Crippen LogP contribution in [0.1, 0.15) is 54.0 Å². The van der Waals surface area contributed by atoms with Crippen LogP contribution in [0.4, 0.5) is 11.5 Å². The normalized spacial score (nSPS) is 13.6. The number of fused-ring (bicyclic) bond motifs is 1. The fourth-order valence-corrected chi connectivity index (χ4v) is 3.52. The molecule has 1 fully saturated rings. The number of carbonyl (C=O) groups is 3. The van der Waals surface area contributed by atoms with Crippen LogP contribution in [0.25, 0.3) is 10.9 Å². The van der Waals surface area contributed by atoms with E-state index in [0.29, 0.717) is 22.2 Å². The molecule has 9 heteroatoms. The van der Waals surface area contributed by atoms with E-state index < -0.39 is 11.5 Å². The van der Waals surface area contributed by atoms with E-state index in [1.54, 1.807) is 57.3 Å². The van der Waals surface area contributed by atoms with E-state index in [2.05, 4.69) is 20.6 Å². The Kier molecular flexibility index (Phi) is 5.90. The predicted octanol–water partition coefficient (Wildman–Crippen LogP) is 2.83. The Hall–Kier alpha value is -3.72. The highest BCUT2D eigenvalue weighted by atomic mass is 16.3. The van der Waals surface area contributed by atoms with Gasteiger partial charge in [0.1, 0.15) is 11.5 Å². The number of hydrogen-bond acceptors (Lipinski definition) is 5. The number of benzene rings is 1. The molecule has 4 N–H and O–H groups in total. The standard InChI is InChI=1S/C24H27N5O4/c1-24(2,33)13-19(30)29(3)15-9-10-16-18(12-15)27-21(20(16)23(32)26-14-7-8-14)28-22(31)17-6-4-5-11-25-17/h4-6,9-12,14,27,33H,7-8,13H2,1-3H3,(H,26,32)(H,28,31). The van der Waals surface area contributed by atoms with Gasteiger partial charge in [-0.2, -0.15) is 0 Å². The molecular formula is C24H27N5O4. The lowest BCUT2D eigenvalue weighted by atomic mass is 10.0. The van der Waals surface area contributed by atoms with Crippen LogP contribution < -0.4 is 15.5 Å². The summed E-state index contributed by atoms with van der Waals surface area (Å²) in [6, 6.07) is 10.4. The summed E-state index contributed by atoms with van der Waals surface area (Å²) in [5.74, 6) is -0.704. The molecule has 0 unspecified atom stereocenters. The van der Waals surface area contributed by atoms with Crippen molar-refractivity contribution >= 4 is 40.1 Å². The van der Waals surface area contributed by atoms with Gasteiger partial charge in [0.05, 0.1) is 17.6 Å². The van der Waals surface area contributed by atoms with Crippen LogP contribution in [0.2, 0.25) is 0 Å². The third-order valence-electron chi connectivity index (χ3n) is 5.40. The van der Waals surface area contributed by atoms with Gasteiger partial charge in [0.25, 0.3) is 11.8 Å². The Balaban J connectivity index is 1.69. The third kappa shape index (κ3) is 5.20. The first kappa shape index (κ1) is 22.5. The molecule has 0 atom stereocenters. The van der Waals surface area contributed by atoms with Gasteiger partial charge in [-0.15, -0.1) is 0 Å². The number of aliphatic hydroxyl groups is 1. The Labute approximate surface area is 191 Å². The molecule has 0 saturated heterocycles. The maximum absolute atomic E-state index is 13.0. The first-order valence-corrected chi connectivity index (χ1v) is 10.8. The molecule has 0 bridgehead atoms. The van der Waals surface area contributed by atoms with Crippen LogP contribution in [-0.2, 0) is 4.79 Å². The zero-order valence-electron chi connectivity index (χ0n) is 18.8. The molecule has 0 spiro atoms. The summed E-state index contributed by atoms with van der Waals surface area (Å²) in [5, 5.41) is 16.3. The SMILES string of the molecule is CN(C(=O)CC(C)(C)O)c1ccc2c(C(=O)NC3CC3)c(NC(=O)c3ccccn3)[nH]c2c1. The lowest BCUT2D eigenvalue weighted by Crippen LogP contribution is -2.33. The second-order valence-electron chi connectivity index (χ2n) is 8.96. The van der Waals surface area contributed by atoms with Crippen molar-refractivity contribution in [3.8, 4) is 0 Å². The first-order valence-electron chi connectivity index (χ1n) is 10.8. The number of aromatic amines is 1. The van der Waals surface area contributed by atoms with Crippen LogP contribution in [0.3, 0.4) is 0 Å². The van der Waals surface area contributed by atoms with Gasteiger partial charge < -0.3 is 25.6 Å². The largest absolute Gasteiger partial charge is 0.390 e. The summed E-state index contributed by atoms with van der Waals surface area (Å²) in [6.07, 6.45) is 3.35. The van der Waals surface area contributed by atoms with Crippen molar-refractivity contribution in [2.24, 2.45) is 0 Å². The van der Waals surface area contributed by atoms with Crippen LogP contribution in [-0.4, -0.2) is 51.5 Å². The van der Waals surface area contributed by atoms with E-state index in [-0.39, 0.29) is 35.8 Å². The van der Waals surface area contributed by atoms with Crippen LogP contribution in [0.15, 0.2) is 42.6 Å². The summed E-state index contributed by atoms with van der Waals surface area (Å²) in [5.41, 5.74) is 0.613. The first-order chi connectivity index (χ1) is 15.6.